The maximum absolute atomic E-state index is 7.75. The van der Waals surface area contributed by atoms with E-state index in [1.165, 1.54) is 99.4 Å². The molecule has 1 fully saturated rings. The number of hydrogen-bond acceptors (Lipinski definition) is 2. The van der Waals surface area contributed by atoms with Crippen LogP contribution in [0, 0.1) is 0 Å². The maximum atomic E-state index is 7.75. The highest BCUT2D eigenvalue weighted by Crippen LogP contribution is 2.62. The van der Waals surface area contributed by atoms with Crippen LogP contribution < -0.4 is 9.47 Å². The minimum absolute atomic E-state index is 0.00623. The predicted molar refractivity (Wildman–Crippen MR) is 205 cm³/mol. The van der Waals surface area contributed by atoms with Gasteiger partial charge in [-0.15, -0.1) is 0 Å². The van der Waals surface area contributed by atoms with E-state index in [1.54, 1.807) is 7.11 Å². The van der Waals surface area contributed by atoms with Gasteiger partial charge in [-0.3, -0.25) is 0 Å². The molecule has 0 saturated heterocycles. The third-order valence-electron chi connectivity index (χ3n) is 12.6. The molecule has 6 aromatic carbocycles. The van der Waals surface area contributed by atoms with E-state index >= 15 is 0 Å². The molecule has 3 aliphatic carbocycles. The first kappa shape index (κ1) is 29.8. The lowest BCUT2D eigenvalue weighted by molar-refractivity contribution is 0.163. The fourth-order valence-corrected chi connectivity index (χ4v) is 10.2. The molecule has 0 amide bonds. The fraction of sp³-hybridized carbons (Fsp3) is 0.250. The van der Waals surface area contributed by atoms with Crippen molar-refractivity contribution in [2.75, 3.05) is 7.11 Å². The minimum Gasteiger partial charge on any atom is -0.497 e. The Morgan fingerprint density at radius 2 is 1.24 bits per heavy atom. The molecule has 2 heteroatoms. The van der Waals surface area contributed by atoms with Gasteiger partial charge in [0.25, 0.3) is 0 Å². The quantitative estimate of drug-likeness (QED) is 0.190. The lowest BCUT2D eigenvalue weighted by Gasteiger charge is -2.40. The van der Waals surface area contributed by atoms with E-state index in [0.717, 1.165) is 22.6 Å². The van der Waals surface area contributed by atoms with Crippen molar-refractivity contribution in [3.63, 3.8) is 0 Å². The molecule has 1 unspecified atom stereocenters. The molecule has 1 atom stereocenters. The van der Waals surface area contributed by atoms with Crippen LogP contribution >= 0.6 is 0 Å². The van der Waals surface area contributed by atoms with Gasteiger partial charge in [0.1, 0.15) is 11.5 Å². The van der Waals surface area contributed by atoms with Crippen molar-refractivity contribution in [2.24, 2.45) is 0 Å². The summed E-state index contributed by atoms with van der Waals surface area (Å²) in [5.74, 6) is 1.84. The first-order valence-electron chi connectivity index (χ1n) is 18.4. The number of hydrogen-bond donors (Lipinski definition) is 0. The van der Waals surface area contributed by atoms with Crippen molar-refractivity contribution in [3.8, 4) is 33.8 Å². The normalized spacial score (nSPS) is 20.3. The Hall–Kier alpha value is -5.08. The summed E-state index contributed by atoms with van der Waals surface area (Å²) in [5.41, 5.74) is 13.7. The van der Waals surface area contributed by atoms with Crippen LogP contribution in [0.3, 0.4) is 0 Å². The lowest BCUT2D eigenvalue weighted by atomic mass is 9.69. The second-order valence-corrected chi connectivity index (χ2v) is 15.4. The Balaban J connectivity index is 1.25. The van der Waals surface area contributed by atoms with Crippen LogP contribution in [0.15, 0.2) is 121 Å². The van der Waals surface area contributed by atoms with Gasteiger partial charge in [-0.1, -0.05) is 143 Å². The zero-order chi connectivity index (χ0) is 33.7. The van der Waals surface area contributed by atoms with E-state index in [0.29, 0.717) is 0 Å². The Morgan fingerprint density at radius 1 is 0.600 bits per heavy atom. The molecule has 0 bridgehead atoms. The van der Waals surface area contributed by atoms with Crippen molar-refractivity contribution >= 4 is 16.8 Å². The van der Waals surface area contributed by atoms with Gasteiger partial charge in [0.15, 0.2) is 5.60 Å². The molecule has 1 aliphatic heterocycles. The molecule has 1 saturated carbocycles. The largest absolute Gasteiger partial charge is 0.497 e. The van der Waals surface area contributed by atoms with Crippen molar-refractivity contribution in [3.05, 3.63) is 160 Å². The van der Waals surface area contributed by atoms with Gasteiger partial charge < -0.3 is 9.47 Å². The van der Waals surface area contributed by atoms with Crippen molar-refractivity contribution in [1.82, 2.24) is 0 Å². The molecule has 1 heterocycles. The molecule has 50 heavy (non-hydrogen) atoms. The van der Waals surface area contributed by atoms with E-state index in [4.69, 9.17) is 9.47 Å². The topological polar surface area (TPSA) is 18.5 Å². The number of fused-ring (bicyclic) bond motifs is 13. The molecular formula is C48H42O2. The summed E-state index contributed by atoms with van der Waals surface area (Å²) in [4.78, 5) is 0. The van der Waals surface area contributed by atoms with Gasteiger partial charge in [-0.05, 0) is 87.0 Å². The maximum Gasteiger partial charge on any atom is 0.178 e. The van der Waals surface area contributed by atoms with Crippen molar-refractivity contribution < 1.29 is 9.47 Å². The zero-order valence-corrected chi connectivity index (χ0v) is 29.2. The lowest BCUT2D eigenvalue weighted by Crippen LogP contribution is -2.35. The molecule has 10 rings (SSSR count). The Morgan fingerprint density at radius 3 is 2.00 bits per heavy atom. The second kappa shape index (κ2) is 10.7. The Labute approximate surface area is 295 Å². The summed E-state index contributed by atoms with van der Waals surface area (Å²) < 4.78 is 13.4. The van der Waals surface area contributed by atoms with E-state index in [2.05, 4.69) is 141 Å². The Bertz CT molecular complexity index is 2370. The summed E-state index contributed by atoms with van der Waals surface area (Å²) in [5, 5.41) is 2.47. The van der Waals surface area contributed by atoms with Gasteiger partial charge in [0.2, 0.25) is 0 Å². The first-order chi connectivity index (χ1) is 24.5. The van der Waals surface area contributed by atoms with Crippen LogP contribution in [0.4, 0.5) is 0 Å². The summed E-state index contributed by atoms with van der Waals surface area (Å²) in [6.07, 6.45) is 12.3. The van der Waals surface area contributed by atoms with Crippen LogP contribution in [-0.4, -0.2) is 7.11 Å². The second-order valence-electron chi connectivity index (χ2n) is 15.4. The molecular weight excluding hydrogens is 609 g/mol. The van der Waals surface area contributed by atoms with Crippen LogP contribution in [-0.2, 0) is 16.4 Å². The zero-order valence-electron chi connectivity index (χ0n) is 29.2. The molecule has 0 aromatic heterocycles. The number of methoxy groups -OCH3 is 1. The van der Waals surface area contributed by atoms with Crippen molar-refractivity contribution in [2.45, 2.75) is 68.8 Å². The standard InChI is InChI=1S/C48H42O2/c1-46(2)40-18-10-8-14-34(40)35-25-22-32(30-42(35)46)48(31-20-23-33(49-3)24-21-31)29-26-39-44-43(36-15-6-7-16-37(36)45(39)50-48)38-17-9-11-19-41(38)47(44)27-12-4-5-13-28-47/h6-11,14-26,29-30H,4-5,12-13,27-28H2,1-3H3. The number of ether oxygens (including phenoxy) is 2. The summed E-state index contributed by atoms with van der Waals surface area (Å²) in [6.45, 7) is 4.71. The minimum atomic E-state index is -0.835. The molecule has 1 spiro atoms. The molecule has 4 aliphatic rings. The van der Waals surface area contributed by atoms with Crippen LogP contribution in [0.5, 0.6) is 11.5 Å². The Kier molecular flexibility index (Phi) is 6.38. The number of benzene rings is 6. The van der Waals surface area contributed by atoms with Gasteiger partial charge in [0, 0.05) is 32.9 Å². The summed E-state index contributed by atoms with van der Waals surface area (Å²) >= 11 is 0. The fourth-order valence-electron chi connectivity index (χ4n) is 10.2. The SMILES string of the molecule is COc1ccc(C2(c3ccc4c(c3)C(C)(C)c3ccccc3-4)C=Cc3c4c(c5ccccc5c3O2)-c2ccccc2C42CCCCCC2)cc1. The van der Waals surface area contributed by atoms with E-state index in [9.17, 15) is 0 Å². The highest BCUT2D eigenvalue weighted by Gasteiger charge is 2.48. The first-order valence-corrected chi connectivity index (χ1v) is 18.4. The highest BCUT2D eigenvalue weighted by molar-refractivity contribution is 6.08. The monoisotopic (exact) mass is 650 g/mol. The van der Waals surface area contributed by atoms with Crippen LogP contribution in [0.25, 0.3) is 39.1 Å². The van der Waals surface area contributed by atoms with Gasteiger partial charge in [-0.25, -0.2) is 0 Å². The molecule has 2 nitrogen and oxygen atoms in total. The van der Waals surface area contributed by atoms with Gasteiger partial charge in [-0.2, -0.15) is 0 Å². The molecule has 246 valence electrons. The summed E-state index contributed by atoms with van der Waals surface area (Å²) in [6, 6.07) is 42.6. The predicted octanol–water partition coefficient (Wildman–Crippen LogP) is 12.1. The van der Waals surface area contributed by atoms with Crippen LogP contribution in [0.1, 0.15) is 91.3 Å². The average Bonchev–Trinajstić information content (AvgIpc) is 3.41. The average molecular weight is 651 g/mol. The molecule has 0 radical (unpaired) electrons. The highest BCUT2D eigenvalue weighted by atomic mass is 16.5. The van der Waals surface area contributed by atoms with E-state index < -0.39 is 5.60 Å². The third kappa shape index (κ3) is 3.91. The van der Waals surface area contributed by atoms with E-state index in [-0.39, 0.29) is 10.8 Å². The number of rotatable bonds is 3. The van der Waals surface area contributed by atoms with Crippen molar-refractivity contribution in [1.29, 1.82) is 0 Å². The smallest absolute Gasteiger partial charge is 0.178 e. The van der Waals surface area contributed by atoms with Gasteiger partial charge >= 0.3 is 0 Å². The molecule has 0 N–H and O–H groups in total. The van der Waals surface area contributed by atoms with Gasteiger partial charge in [0.05, 0.1) is 7.11 Å². The van der Waals surface area contributed by atoms with E-state index in [1.807, 2.05) is 0 Å². The third-order valence-corrected chi connectivity index (χ3v) is 12.6. The van der Waals surface area contributed by atoms with Crippen LogP contribution in [0.2, 0.25) is 0 Å². The summed E-state index contributed by atoms with van der Waals surface area (Å²) in [7, 11) is 1.73. The molecule has 6 aromatic rings.